The molecule has 0 spiro atoms. The summed E-state index contributed by atoms with van der Waals surface area (Å²) in [6, 6.07) is 2.91. The lowest BCUT2D eigenvalue weighted by Crippen LogP contribution is -2.40. The number of esters is 1. The molecule has 1 aliphatic carbocycles. The Bertz CT molecular complexity index is 458. The fourth-order valence-electron chi connectivity index (χ4n) is 2.67. The zero-order valence-corrected chi connectivity index (χ0v) is 12.3. The van der Waals surface area contributed by atoms with E-state index in [1.165, 1.54) is 20.0 Å². The van der Waals surface area contributed by atoms with Gasteiger partial charge in [-0.25, -0.2) is 14.8 Å². The second kappa shape index (κ2) is 6.65. The highest BCUT2D eigenvalue weighted by Gasteiger charge is 2.24. The van der Waals surface area contributed by atoms with E-state index in [2.05, 4.69) is 24.9 Å². The van der Waals surface area contributed by atoms with E-state index in [0.717, 1.165) is 18.7 Å². The third-order valence-corrected chi connectivity index (χ3v) is 4.02. The fraction of sp³-hybridized carbons (Fsp3) is 0.643. The Morgan fingerprint density at radius 3 is 2.70 bits per heavy atom. The molecule has 1 aliphatic rings. The van der Waals surface area contributed by atoms with Crippen molar-refractivity contribution in [2.24, 2.45) is 0 Å². The van der Waals surface area contributed by atoms with Gasteiger partial charge in [-0.1, -0.05) is 0 Å². The normalized spacial score (nSPS) is 22.4. The summed E-state index contributed by atoms with van der Waals surface area (Å²) in [5.74, 6) is 0.383. The summed E-state index contributed by atoms with van der Waals surface area (Å²) < 4.78 is 4.65. The van der Waals surface area contributed by atoms with Gasteiger partial charge in [0, 0.05) is 25.3 Å². The summed E-state index contributed by atoms with van der Waals surface area (Å²) in [7, 11) is 5.37. The van der Waals surface area contributed by atoms with Crippen molar-refractivity contribution in [3.8, 4) is 0 Å². The Hall–Kier alpha value is -1.69. The predicted octanol–water partition coefficient (Wildman–Crippen LogP) is 1.23. The van der Waals surface area contributed by atoms with E-state index in [4.69, 9.17) is 0 Å². The number of carbonyl (C=O) groups is 1. The minimum atomic E-state index is -0.501. The Kier molecular flexibility index (Phi) is 4.89. The van der Waals surface area contributed by atoms with Crippen molar-refractivity contribution in [3.63, 3.8) is 0 Å². The standard InChI is InChI=1S/C14H22N4O2/c1-15-10-4-6-11(7-5-10)18(2)12-8-9-16-13(17-12)14(19)20-3/h8-11,15H,4-7H2,1-3H3. The van der Waals surface area contributed by atoms with Crippen LogP contribution < -0.4 is 10.2 Å². The molecular formula is C14H22N4O2. The van der Waals surface area contributed by atoms with Crippen molar-refractivity contribution in [1.82, 2.24) is 15.3 Å². The number of anilines is 1. The summed E-state index contributed by atoms with van der Waals surface area (Å²) in [5.41, 5.74) is 0. The van der Waals surface area contributed by atoms with Gasteiger partial charge in [-0.05, 0) is 38.8 Å². The molecule has 0 bridgehead atoms. The van der Waals surface area contributed by atoms with Crippen LogP contribution in [0.4, 0.5) is 5.82 Å². The summed E-state index contributed by atoms with van der Waals surface area (Å²) in [6.45, 7) is 0. The minimum absolute atomic E-state index is 0.112. The molecule has 1 aromatic rings. The third-order valence-electron chi connectivity index (χ3n) is 4.02. The minimum Gasteiger partial charge on any atom is -0.463 e. The summed E-state index contributed by atoms with van der Waals surface area (Å²) >= 11 is 0. The number of rotatable bonds is 4. The SMILES string of the molecule is CNC1CCC(N(C)c2ccnc(C(=O)OC)n2)CC1. The summed E-state index contributed by atoms with van der Waals surface area (Å²) in [6.07, 6.45) is 6.18. The number of hydrogen-bond acceptors (Lipinski definition) is 6. The van der Waals surface area contributed by atoms with E-state index >= 15 is 0 Å². The van der Waals surface area contributed by atoms with Gasteiger partial charge >= 0.3 is 5.97 Å². The molecule has 0 amide bonds. The van der Waals surface area contributed by atoms with Gasteiger partial charge in [-0.2, -0.15) is 0 Å². The monoisotopic (exact) mass is 278 g/mol. The molecule has 0 unspecified atom stereocenters. The number of aromatic nitrogens is 2. The molecule has 0 atom stereocenters. The average molecular weight is 278 g/mol. The number of carbonyl (C=O) groups excluding carboxylic acids is 1. The molecule has 6 heteroatoms. The quantitative estimate of drug-likeness (QED) is 0.836. The largest absolute Gasteiger partial charge is 0.463 e. The Morgan fingerprint density at radius 2 is 2.10 bits per heavy atom. The lowest BCUT2D eigenvalue weighted by Gasteiger charge is -2.35. The van der Waals surface area contributed by atoms with Gasteiger partial charge in [0.15, 0.2) is 0 Å². The highest BCUT2D eigenvalue weighted by Crippen LogP contribution is 2.25. The molecule has 0 saturated heterocycles. The number of hydrogen-bond donors (Lipinski definition) is 1. The smallest absolute Gasteiger partial charge is 0.376 e. The van der Waals surface area contributed by atoms with Crippen LogP contribution in [0.2, 0.25) is 0 Å². The molecule has 1 N–H and O–H groups in total. The topological polar surface area (TPSA) is 67.4 Å². The third kappa shape index (κ3) is 3.25. The van der Waals surface area contributed by atoms with Gasteiger partial charge < -0.3 is 15.0 Å². The number of nitrogens with one attached hydrogen (secondary N) is 1. The molecule has 20 heavy (non-hydrogen) atoms. The van der Waals surface area contributed by atoms with Crippen LogP contribution in [0.15, 0.2) is 12.3 Å². The van der Waals surface area contributed by atoms with Gasteiger partial charge in [0.1, 0.15) is 5.82 Å². The first-order valence-corrected chi connectivity index (χ1v) is 6.97. The number of nitrogens with zero attached hydrogens (tertiary/aromatic N) is 3. The fourth-order valence-corrected chi connectivity index (χ4v) is 2.67. The molecule has 2 rings (SSSR count). The van der Waals surface area contributed by atoms with Gasteiger partial charge in [-0.15, -0.1) is 0 Å². The van der Waals surface area contributed by atoms with E-state index in [9.17, 15) is 4.79 Å². The maximum atomic E-state index is 11.5. The van der Waals surface area contributed by atoms with Gasteiger partial charge in [0.25, 0.3) is 0 Å². The van der Waals surface area contributed by atoms with Crippen molar-refractivity contribution < 1.29 is 9.53 Å². The van der Waals surface area contributed by atoms with Crippen LogP contribution >= 0.6 is 0 Å². The summed E-state index contributed by atoms with van der Waals surface area (Å²) in [4.78, 5) is 21.8. The van der Waals surface area contributed by atoms with Crippen LogP contribution in [0.5, 0.6) is 0 Å². The first kappa shape index (κ1) is 14.7. The van der Waals surface area contributed by atoms with E-state index in [1.807, 2.05) is 20.2 Å². The van der Waals surface area contributed by atoms with Crippen molar-refractivity contribution >= 4 is 11.8 Å². The lowest BCUT2D eigenvalue weighted by atomic mass is 9.90. The second-order valence-electron chi connectivity index (χ2n) is 5.14. The van der Waals surface area contributed by atoms with E-state index in [1.54, 1.807) is 6.20 Å². The van der Waals surface area contributed by atoms with Crippen LogP contribution in [0.3, 0.4) is 0 Å². The molecule has 1 saturated carbocycles. The van der Waals surface area contributed by atoms with Crippen molar-refractivity contribution in [3.05, 3.63) is 18.1 Å². The Morgan fingerprint density at radius 1 is 1.40 bits per heavy atom. The maximum absolute atomic E-state index is 11.5. The Labute approximate surface area is 119 Å². The Balaban J connectivity index is 2.05. The molecular weight excluding hydrogens is 256 g/mol. The van der Waals surface area contributed by atoms with Crippen LogP contribution in [0.1, 0.15) is 36.3 Å². The molecule has 110 valence electrons. The van der Waals surface area contributed by atoms with Crippen molar-refractivity contribution in [2.75, 3.05) is 26.1 Å². The zero-order chi connectivity index (χ0) is 14.5. The zero-order valence-electron chi connectivity index (χ0n) is 12.3. The van der Waals surface area contributed by atoms with Crippen LogP contribution in [-0.2, 0) is 4.74 Å². The van der Waals surface area contributed by atoms with Gasteiger partial charge in [0.05, 0.1) is 7.11 Å². The predicted molar refractivity (Wildman–Crippen MR) is 76.9 cm³/mol. The van der Waals surface area contributed by atoms with E-state index in [-0.39, 0.29) is 5.82 Å². The molecule has 0 radical (unpaired) electrons. The van der Waals surface area contributed by atoms with Crippen molar-refractivity contribution in [2.45, 2.75) is 37.8 Å². The number of methoxy groups -OCH3 is 1. The first-order valence-electron chi connectivity index (χ1n) is 6.97. The molecule has 0 aromatic carbocycles. The molecule has 6 nitrogen and oxygen atoms in total. The summed E-state index contributed by atoms with van der Waals surface area (Å²) in [5, 5.41) is 3.33. The highest BCUT2D eigenvalue weighted by atomic mass is 16.5. The molecule has 0 aliphatic heterocycles. The number of ether oxygens (including phenoxy) is 1. The molecule has 1 heterocycles. The van der Waals surface area contributed by atoms with Crippen LogP contribution in [0.25, 0.3) is 0 Å². The first-order chi connectivity index (χ1) is 9.65. The molecule has 1 fully saturated rings. The van der Waals surface area contributed by atoms with Crippen molar-refractivity contribution in [1.29, 1.82) is 0 Å². The highest BCUT2D eigenvalue weighted by molar-refractivity contribution is 5.85. The maximum Gasteiger partial charge on any atom is 0.376 e. The van der Waals surface area contributed by atoms with Gasteiger partial charge in [-0.3, -0.25) is 0 Å². The molecule has 1 aromatic heterocycles. The van der Waals surface area contributed by atoms with Crippen LogP contribution in [0, 0.1) is 0 Å². The van der Waals surface area contributed by atoms with E-state index in [0.29, 0.717) is 12.1 Å². The lowest BCUT2D eigenvalue weighted by molar-refractivity contribution is 0.0586. The van der Waals surface area contributed by atoms with Crippen LogP contribution in [-0.4, -0.2) is 49.2 Å². The second-order valence-corrected chi connectivity index (χ2v) is 5.14. The van der Waals surface area contributed by atoms with Gasteiger partial charge in [0.2, 0.25) is 5.82 Å². The van der Waals surface area contributed by atoms with E-state index < -0.39 is 5.97 Å². The average Bonchev–Trinajstić information content (AvgIpc) is 2.53.